The van der Waals surface area contributed by atoms with Gasteiger partial charge in [0, 0.05) is 19.0 Å². The first kappa shape index (κ1) is 32.8. The number of hydrogen-bond donors (Lipinski definition) is 2. The lowest BCUT2D eigenvalue weighted by atomic mass is 9.85. The lowest BCUT2D eigenvalue weighted by Crippen LogP contribution is -2.43. The number of benzene rings is 2. The second-order valence-corrected chi connectivity index (χ2v) is 12.8. The number of carbonyl (C=O) groups is 2. The Hall–Kier alpha value is -2.67. The van der Waals surface area contributed by atoms with E-state index >= 15 is 0 Å². The van der Waals surface area contributed by atoms with Crippen molar-refractivity contribution in [2.45, 2.75) is 68.7 Å². The molecule has 1 aliphatic rings. The molecule has 226 valence electrons. The van der Waals surface area contributed by atoms with Crippen LogP contribution in [-0.4, -0.2) is 50.5 Å². The summed E-state index contributed by atoms with van der Waals surface area (Å²) in [7, 11) is -2.46. The highest BCUT2D eigenvalue weighted by Gasteiger charge is 2.33. The molecule has 0 spiro atoms. The van der Waals surface area contributed by atoms with Crippen LogP contribution in [0.15, 0.2) is 59.5 Å². The Morgan fingerprint density at radius 2 is 1.61 bits per heavy atom. The fourth-order valence-electron chi connectivity index (χ4n) is 4.86. The molecule has 0 saturated heterocycles. The van der Waals surface area contributed by atoms with Gasteiger partial charge in [-0.05, 0) is 73.2 Å². The average molecular weight is 618 g/mol. The molecule has 0 aromatic heterocycles. The molecule has 0 radical (unpaired) electrons. The fourth-order valence-corrected chi connectivity index (χ4v) is 6.47. The van der Waals surface area contributed by atoms with E-state index < -0.39 is 45.9 Å². The highest BCUT2D eigenvalue weighted by Crippen LogP contribution is 2.31. The molecule has 0 unspecified atom stereocenters. The lowest BCUT2D eigenvalue weighted by Gasteiger charge is -2.30. The molecule has 0 heterocycles. The number of sulfonamides is 1. The molecule has 1 aliphatic carbocycles. The number of hydrogen-bond acceptors (Lipinski definition) is 6. The van der Waals surface area contributed by atoms with E-state index in [1.165, 1.54) is 4.42 Å². The van der Waals surface area contributed by atoms with E-state index in [-0.39, 0.29) is 29.2 Å². The Morgan fingerprint density at radius 3 is 2.12 bits per heavy atom. The maximum absolute atomic E-state index is 13.2. The number of amides is 1. The van der Waals surface area contributed by atoms with Gasteiger partial charge in [0.1, 0.15) is 12.6 Å². The van der Waals surface area contributed by atoms with E-state index in [0.29, 0.717) is 25.7 Å². The van der Waals surface area contributed by atoms with Crippen molar-refractivity contribution < 1.29 is 35.9 Å². The number of nitrogens with one attached hydrogen (secondary N) is 2. The van der Waals surface area contributed by atoms with Crippen LogP contribution in [0.3, 0.4) is 0 Å². The van der Waals surface area contributed by atoms with Gasteiger partial charge in [0.2, 0.25) is 15.9 Å². The molecule has 0 aliphatic heterocycles. The van der Waals surface area contributed by atoms with E-state index in [9.17, 15) is 31.2 Å². The van der Waals surface area contributed by atoms with Crippen LogP contribution < -0.4 is 10.0 Å². The molecule has 3 rings (SSSR count). The third kappa shape index (κ3) is 9.16. The van der Waals surface area contributed by atoms with Gasteiger partial charge >= 0.3 is 12.1 Å². The molecule has 0 bridgehead atoms. The molecule has 1 saturated carbocycles. The summed E-state index contributed by atoms with van der Waals surface area (Å²) in [6.07, 6.45) is -3.00. The van der Waals surface area contributed by atoms with Gasteiger partial charge in [0.25, 0.3) is 0 Å². The van der Waals surface area contributed by atoms with E-state index in [0.717, 1.165) is 29.8 Å². The van der Waals surface area contributed by atoms with E-state index in [4.69, 9.17) is 16.5 Å². The fraction of sp³-hybridized carbons (Fsp3) is 0.500. The van der Waals surface area contributed by atoms with Crippen molar-refractivity contribution in [1.82, 2.24) is 14.5 Å². The van der Waals surface area contributed by atoms with Crippen LogP contribution in [0.1, 0.15) is 56.7 Å². The lowest BCUT2D eigenvalue weighted by molar-refractivity contribution is -0.151. The summed E-state index contributed by atoms with van der Waals surface area (Å²) < 4.78 is 73.2. The Bertz CT molecular complexity index is 1260. The van der Waals surface area contributed by atoms with Gasteiger partial charge in [0.15, 0.2) is 0 Å². The summed E-state index contributed by atoms with van der Waals surface area (Å²) in [5, 5.41) is 2.97. The first-order chi connectivity index (χ1) is 19.2. The smallest absolute Gasteiger partial charge is 0.416 e. The third-order valence-electron chi connectivity index (χ3n) is 7.08. The van der Waals surface area contributed by atoms with E-state index in [1.807, 2.05) is 44.2 Å². The number of ether oxygens (including phenoxy) is 1. The van der Waals surface area contributed by atoms with Crippen molar-refractivity contribution in [2.24, 2.45) is 11.8 Å². The van der Waals surface area contributed by atoms with Crippen LogP contribution in [0.25, 0.3) is 0 Å². The third-order valence-corrected chi connectivity index (χ3v) is 8.83. The maximum atomic E-state index is 13.2. The van der Waals surface area contributed by atoms with E-state index in [2.05, 4.69) is 10.0 Å². The van der Waals surface area contributed by atoms with Gasteiger partial charge in [0.05, 0.1) is 16.5 Å². The SMILES string of the molecule is CC(C)[C@@H](C(=O)OC[C@@H](NC(=O)[C@H]1CC[C@H](NS(=O)(=O)c2ccc(C(F)(F)F)cc2)CC1)c1ccccc1)N(C)Cl. The van der Waals surface area contributed by atoms with Gasteiger partial charge < -0.3 is 10.1 Å². The van der Waals surface area contributed by atoms with Crippen LogP contribution >= 0.6 is 11.8 Å². The summed E-state index contributed by atoms with van der Waals surface area (Å²) in [6, 6.07) is 10.7. The van der Waals surface area contributed by atoms with Gasteiger partial charge in [-0.15, -0.1) is 0 Å². The highest BCUT2D eigenvalue weighted by atomic mass is 35.5. The number of rotatable bonds is 11. The van der Waals surface area contributed by atoms with E-state index in [1.54, 1.807) is 7.05 Å². The summed E-state index contributed by atoms with van der Waals surface area (Å²) >= 11 is 6.04. The van der Waals surface area contributed by atoms with Crippen molar-refractivity contribution in [1.29, 1.82) is 0 Å². The molecule has 13 heteroatoms. The Labute approximate surface area is 243 Å². The van der Waals surface area contributed by atoms with Crippen molar-refractivity contribution in [3.63, 3.8) is 0 Å². The molecular formula is C28H35ClF3N3O5S. The van der Waals surface area contributed by atoms with Crippen LogP contribution in [0, 0.1) is 11.8 Å². The zero-order valence-electron chi connectivity index (χ0n) is 23.0. The first-order valence-electron chi connectivity index (χ1n) is 13.3. The number of nitrogens with zero attached hydrogens (tertiary/aromatic N) is 1. The van der Waals surface area contributed by atoms with Gasteiger partial charge in [-0.2, -0.15) is 13.2 Å². The van der Waals surface area contributed by atoms with Crippen molar-refractivity contribution >= 4 is 33.7 Å². The van der Waals surface area contributed by atoms with Crippen LogP contribution in [0.5, 0.6) is 0 Å². The number of esters is 1. The van der Waals surface area contributed by atoms with Crippen LogP contribution in [0.4, 0.5) is 13.2 Å². The number of alkyl halides is 3. The molecule has 2 aromatic carbocycles. The molecule has 1 amide bonds. The Morgan fingerprint density at radius 1 is 1.02 bits per heavy atom. The quantitative estimate of drug-likeness (QED) is 0.270. The summed E-state index contributed by atoms with van der Waals surface area (Å²) in [5.74, 6) is -1.23. The number of carbonyl (C=O) groups excluding carboxylic acids is 2. The molecule has 8 nitrogen and oxygen atoms in total. The maximum Gasteiger partial charge on any atom is 0.416 e. The minimum atomic E-state index is -4.56. The molecule has 2 atom stereocenters. The number of halogens is 4. The van der Waals surface area contributed by atoms with Crippen LogP contribution in [-0.2, 0) is 30.5 Å². The number of likely N-dealkylation sites (N-methyl/N-ethyl adjacent to an activating group) is 1. The highest BCUT2D eigenvalue weighted by molar-refractivity contribution is 7.89. The minimum absolute atomic E-state index is 0.0925. The Balaban J connectivity index is 1.59. The predicted octanol–water partition coefficient (Wildman–Crippen LogP) is 5.05. The molecular weight excluding hydrogens is 583 g/mol. The zero-order chi connectivity index (χ0) is 30.4. The van der Waals surface area contributed by atoms with Crippen molar-refractivity contribution in [2.75, 3.05) is 13.7 Å². The molecule has 2 N–H and O–H groups in total. The predicted molar refractivity (Wildman–Crippen MR) is 148 cm³/mol. The molecule has 2 aromatic rings. The largest absolute Gasteiger partial charge is 0.462 e. The monoisotopic (exact) mass is 617 g/mol. The minimum Gasteiger partial charge on any atom is -0.462 e. The second-order valence-electron chi connectivity index (χ2n) is 10.5. The van der Waals surface area contributed by atoms with Gasteiger partial charge in [-0.1, -0.05) is 44.2 Å². The Kier molecular flexibility index (Phi) is 11.2. The topological polar surface area (TPSA) is 105 Å². The first-order valence-corrected chi connectivity index (χ1v) is 15.1. The summed E-state index contributed by atoms with van der Waals surface area (Å²) in [5.41, 5.74) is -0.176. The standard InChI is InChI=1S/C28H35ClF3N3O5S/c1-18(2)25(35(3)29)27(37)40-17-24(19-7-5-4-6-8-19)33-26(36)20-9-13-22(14-10-20)34-41(38,39)23-15-11-21(12-16-23)28(30,31)32/h4-8,11-12,15-16,18,20,22,24-25,34H,9-10,13-14,17H2,1-3H3,(H,33,36)/t20-,22-,24-,25+/m1/s1. The molecule has 1 fully saturated rings. The average Bonchev–Trinajstić information content (AvgIpc) is 2.90. The van der Waals surface area contributed by atoms with Crippen molar-refractivity contribution in [3.8, 4) is 0 Å². The second kappa shape index (κ2) is 14.0. The summed E-state index contributed by atoms with van der Waals surface area (Å²) in [6.45, 7) is 3.60. The molecule has 41 heavy (non-hydrogen) atoms. The van der Waals surface area contributed by atoms with Gasteiger partial charge in [-0.25, -0.2) is 17.6 Å². The normalized spacial score (nSPS) is 19.5. The van der Waals surface area contributed by atoms with Crippen LogP contribution in [0.2, 0.25) is 0 Å². The zero-order valence-corrected chi connectivity index (χ0v) is 24.6. The van der Waals surface area contributed by atoms with Crippen molar-refractivity contribution in [3.05, 3.63) is 65.7 Å². The summed E-state index contributed by atoms with van der Waals surface area (Å²) in [4.78, 5) is 25.6. The van der Waals surface area contributed by atoms with Gasteiger partial charge in [-0.3, -0.25) is 9.59 Å².